The lowest BCUT2D eigenvalue weighted by Gasteiger charge is -2.35. The van der Waals surface area contributed by atoms with Gasteiger partial charge in [-0.3, -0.25) is 0 Å². The Kier molecular flexibility index (Phi) is 12.1. The van der Waals surface area contributed by atoms with Gasteiger partial charge < -0.3 is 4.90 Å². The van der Waals surface area contributed by atoms with Crippen LogP contribution in [-0.2, 0) is 5.41 Å². The van der Waals surface area contributed by atoms with Gasteiger partial charge in [0.25, 0.3) is 0 Å². The Balaban J connectivity index is 0.930. The Morgan fingerprint density at radius 2 is 1.11 bits per heavy atom. The van der Waals surface area contributed by atoms with Gasteiger partial charge in [0.2, 0.25) is 0 Å². The molecule has 9 aromatic carbocycles. The number of allylic oxidation sites excluding steroid dienone is 9. The summed E-state index contributed by atoms with van der Waals surface area (Å²) in [5.74, 6) is 0.831. The van der Waals surface area contributed by atoms with Crippen molar-refractivity contribution >= 4 is 29.2 Å². The van der Waals surface area contributed by atoms with Crippen LogP contribution in [0.15, 0.2) is 291 Å². The van der Waals surface area contributed by atoms with E-state index in [0.29, 0.717) is 5.92 Å². The van der Waals surface area contributed by atoms with Crippen LogP contribution in [0.2, 0.25) is 0 Å². The van der Waals surface area contributed by atoms with Crippen LogP contribution in [0.3, 0.4) is 0 Å². The molecule has 12 rings (SSSR count). The molecule has 3 atom stereocenters. The van der Waals surface area contributed by atoms with E-state index in [1.165, 1.54) is 55.6 Å². The number of anilines is 3. The molecule has 0 heterocycles. The number of hydrogen-bond acceptors (Lipinski definition) is 1. The predicted molar refractivity (Wildman–Crippen MR) is 305 cm³/mol. The molecule has 0 bridgehead atoms. The molecule has 1 nitrogen and oxygen atoms in total. The molecule has 9 aromatic rings. The molecule has 0 aliphatic heterocycles. The minimum absolute atomic E-state index is 0.250. The van der Waals surface area contributed by atoms with Gasteiger partial charge in [-0.1, -0.05) is 255 Å². The zero-order valence-corrected chi connectivity index (χ0v) is 40.3. The molecule has 0 amide bonds. The summed E-state index contributed by atoms with van der Waals surface area (Å²) in [5.41, 5.74) is 20.5. The van der Waals surface area contributed by atoms with Crippen LogP contribution in [0, 0.1) is 5.92 Å². The molecule has 0 aromatic heterocycles. The molecule has 0 saturated heterocycles. The zero-order valence-electron chi connectivity index (χ0n) is 40.3. The summed E-state index contributed by atoms with van der Waals surface area (Å²) in [6, 6.07) is 84.8. The Morgan fingerprint density at radius 3 is 1.88 bits per heavy atom. The molecule has 0 N–H and O–H groups in total. The van der Waals surface area contributed by atoms with Crippen LogP contribution < -0.4 is 4.90 Å². The SMILES string of the molecule is C=Cc1ccccc1-c1cccc(-c2cccc(N(c3ccc(-c4ccc5c(c4)C4CC=CC=C4C5(c4ccccc4)c4ccccc4)cc3)c3cccc(/C=C/C4C=CC=CC4c4ccccc4)c3)c2)c1. The van der Waals surface area contributed by atoms with Gasteiger partial charge in [0.05, 0.1) is 5.41 Å². The smallest absolute Gasteiger partial charge is 0.0673 e. The molecule has 0 radical (unpaired) electrons. The quantitative estimate of drug-likeness (QED) is 0.118. The van der Waals surface area contributed by atoms with Crippen molar-refractivity contribution in [2.24, 2.45) is 5.92 Å². The van der Waals surface area contributed by atoms with E-state index >= 15 is 0 Å². The van der Waals surface area contributed by atoms with Crippen molar-refractivity contribution in [2.75, 3.05) is 4.90 Å². The topological polar surface area (TPSA) is 3.24 Å². The highest BCUT2D eigenvalue weighted by Crippen LogP contribution is 2.60. The standard InChI is InChI=1S/C71H55N/c1-2-52-22-12-14-35-65(52)59-28-19-26-56(48-59)57-27-20-34-64(49-57)72(63-33-18-21-51(47-63)39-40-55-25-13-15-36-66(55)54-23-6-3-7-24-54)62-44-41-53(42-45-62)58-43-46-70-68(50-58)67-37-16-17-38-69(67)71(70,60-29-8-4-9-30-60)61-31-10-5-11-32-61/h2-36,38-50,55,66-67H,1,37H2/b40-39+. The molecule has 0 saturated carbocycles. The molecule has 72 heavy (non-hydrogen) atoms. The molecular formula is C71H55N. The molecule has 344 valence electrons. The second-order valence-electron chi connectivity index (χ2n) is 19.2. The normalized spacial score (nSPS) is 17.3. The second-order valence-corrected chi connectivity index (χ2v) is 19.2. The van der Waals surface area contributed by atoms with Gasteiger partial charge in [0.1, 0.15) is 0 Å². The van der Waals surface area contributed by atoms with Crippen molar-refractivity contribution in [3.8, 4) is 33.4 Å². The van der Waals surface area contributed by atoms with Crippen molar-refractivity contribution < 1.29 is 0 Å². The number of nitrogens with zero attached hydrogens (tertiary/aromatic N) is 1. The lowest BCUT2D eigenvalue weighted by molar-refractivity contribution is 0.693. The van der Waals surface area contributed by atoms with Crippen LogP contribution in [-0.4, -0.2) is 0 Å². The largest absolute Gasteiger partial charge is 0.310 e. The van der Waals surface area contributed by atoms with Crippen molar-refractivity contribution in [1.29, 1.82) is 0 Å². The highest BCUT2D eigenvalue weighted by atomic mass is 15.1. The van der Waals surface area contributed by atoms with Gasteiger partial charge >= 0.3 is 0 Å². The first-order chi connectivity index (χ1) is 35.7. The first-order valence-corrected chi connectivity index (χ1v) is 25.3. The second kappa shape index (κ2) is 19.5. The van der Waals surface area contributed by atoms with Crippen molar-refractivity contribution in [1.82, 2.24) is 0 Å². The van der Waals surface area contributed by atoms with E-state index < -0.39 is 0 Å². The zero-order chi connectivity index (χ0) is 48.3. The summed E-state index contributed by atoms with van der Waals surface area (Å²) in [5, 5.41) is 0. The van der Waals surface area contributed by atoms with E-state index in [9.17, 15) is 0 Å². The van der Waals surface area contributed by atoms with Gasteiger partial charge in [-0.2, -0.15) is 0 Å². The maximum absolute atomic E-state index is 4.10. The highest BCUT2D eigenvalue weighted by molar-refractivity contribution is 5.84. The minimum atomic E-state index is -0.362. The third-order valence-electron chi connectivity index (χ3n) is 15.1. The number of fused-ring (bicyclic) bond motifs is 3. The fourth-order valence-corrected chi connectivity index (χ4v) is 11.7. The fraction of sp³-hybridized carbons (Fsp3) is 0.0704. The third kappa shape index (κ3) is 8.23. The summed E-state index contributed by atoms with van der Waals surface area (Å²) in [6.07, 6.45) is 23.5. The van der Waals surface area contributed by atoms with Crippen molar-refractivity contribution in [3.63, 3.8) is 0 Å². The minimum Gasteiger partial charge on any atom is -0.310 e. The van der Waals surface area contributed by atoms with Gasteiger partial charge in [0, 0.05) is 34.8 Å². The lowest BCUT2D eigenvalue weighted by atomic mass is 9.66. The average molecular weight is 922 g/mol. The summed E-state index contributed by atoms with van der Waals surface area (Å²) < 4.78 is 0. The maximum atomic E-state index is 4.10. The van der Waals surface area contributed by atoms with E-state index in [4.69, 9.17) is 0 Å². The first-order valence-electron chi connectivity index (χ1n) is 25.3. The fourth-order valence-electron chi connectivity index (χ4n) is 11.7. The van der Waals surface area contributed by atoms with E-state index in [-0.39, 0.29) is 17.3 Å². The Labute approximate surface area is 425 Å². The monoisotopic (exact) mass is 921 g/mol. The Morgan fingerprint density at radius 1 is 0.486 bits per heavy atom. The predicted octanol–water partition coefficient (Wildman–Crippen LogP) is 18.7. The Hall–Kier alpha value is -8.78. The van der Waals surface area contributed by atoms with Crippen LogP contribution in [0.1, 0.15) is 57.2 Å². The molecular weight excluding hydrogens is 867 g/mol. The van der Waals surface area contributed by atoms with Crippen LogP contribution in [0.4, 0.5) is 17.1 Å². The number of rotatable bonds is 12. The highest BCUT2D eigenvalue weighted by Gasteiger charge is 2.50. The van der Waals surface area contributed by atoms with Crippen LogP contribution in [0.25, 0.3) is 45.5 Å². The van der Waals surface area contributed by atoms with E-state index in [1.54, 1.807) is 0 Å². The van der Waals surface area contributed by atoms with Gasteiger partial charge in [0.15, 0.2) is 0 Å². The van der Waals surface area contributed by atoms with E-state index in [2.05, 4.69) is 297 Å². The summed E-state index contributed by atoms with van der Waals surface area (Å²) >= 11 is 0. The van der Waals surface area contributed by atoms with Crippen molar-refractivity contribution in [2.45, 2.75) is 23.7 Å². The molecule has 1 heteroatoms. The summed E-state index contributed by atoms with van der Waals surface area (Å²) in [6.45, 7) is 4.10. The van der Waals surface area contributed by atoms with Gasteiger partial charge in [-0.05, 0) is 127 Å². The summed E-state index contributed by atoms with van der Waals surface area (Å²) in [4.78, 5) is 2.40. The summed E-state index contributed by atoms with van der Waals surface area (Å²) in [7, 11) is 0. The van der Waals surface area contributed by atoms with E-state index in [1.807, 2.05) is 6.08 Å². The molecule has 3 aliphatic carbocycles. The van der Waals surface area contributed by atoms with Gasteiger partial charge in [-0.25, -0.2) is 0 Å². The molecule has 3 unspecified atom stereocenters. The van der Waals surface area contributed by atoms with E-state index in [0.717, 1.165) is 45.7 Å². The molecule has 0 fully saturated rings. The lowest BCUT2D eigenvalue weighted by Crippen LogP contribution is -2.29. The number of hydrogen-bond donors (Lipinski definition) is 0. The van der Waals surface area contributed by atoms with Crippen LogP contribution >= 0.6 is 0 Å². The van der Waals surface area contributed by atoms with Gasteiger partial charge in [-0.15, -0.1) is 0 Å². The molecule has 3 aliphatic rings. The van der Waals surface area contributed by atoms with Crippen LogP contribution in [0.5, 0.6) is 0 Å². The van der Waals surface area contributed by atoms with Crippen molar-refractivity contribution in [3.05, 3.63) is 330 Å². The average Bonchev–Trinajstić information content (AvgIpc) is 3.76. The first kappa shape index (κ1) is 44.4. The third-order valence-corrected chi connectivity index (χ3v) is 15.1. The Bertz CT molecular complexity index is 3530. The molecule has 0 spiro atoms. The maximum Gasteiger partial charge on any atom is 0.0673 e. The number of benzene rings is 9.